The van der Waals surface area contributed by atoms with Crippen LogP contribution in [0, 0.1) is 5.92 Å². The molecule has 19 heavy (non-hydrogen) atoms. The van der Waals surface area contributed by atoms with Gasteiger partial charge in [-0.05, 0) is 47.2 Å². The monoisotopic (exact) mass is 273 g/mol. The fourth-order valence-electron chi connectivity index (χ4n) is 2.46. The Balaban J connectivity index is 2.01. The van der Waals surface area contributed by atoms with Crippen LogP contribution in [-0.2, 0) is 6.42 Å². The molecule has 2 rings (SSSR count). The van der Waals surface area contributed by atoms with E-state index in [1.165, 1.54) is 11.1 Å². The van der Waals surface area contributed by atoms with Gasteiger partial charge in [0.2, 0.25) is 0 Å². The minimum atomic E-state index is 0.426. The van der Waals surface area contributed by atoms with Gasteiger partial charge < -0.3 is 5.32 Å². The highest BCUT2D eigenvalue weighted by Crippen LogP contribution is 2.22. The van der Waals surface area contributed by atoms with Gasteiger partial charge in [-0.25, -0.2) is 0 Å². The standard InChI is InChI=1S/C17H23NS/c1-13(2)17(16-7-5-4-6-8-16)18-14(3)11-15-9-10-19-12-15/h4-10,12-14,17-18H,11H2,1-3H3. The third kappa shape index (κ3) is 4.19. The molecule has 0 spiro atoms. The number of benzene rings is 1. The lowest BCUT2D eigenvalue weighted by molar-refractivity contribution is 0.368. The van der Waals surface area contributed by atoms with Crippen LogP contribution in [0.5, 0.6) is 0 Å². The maximum atomic E-state index is 3.78. The number of rotatable bonds is 6. The van der Waals surface area contributed by atoms with Crippen LogP contribution in [0.25, 0.3) is 0 Å². The van der Waals surface area contributed by atoms with E-state index in [0.29, 0.717) is 18.0 Å². The molecule has 0 saturated carbocycles. The largest absolute Gasteiger partial charge is 0.307 e. The summed E-state index contributed by atoms with van der Waals surface area (Å²) in [5.74, 6) is 0.590. The number of thiophene rings is 1. The number of nitrogens with one attached hydrogen (secondary N) is 1. The molecule has 1 N–H and O–H groups in total. The first kappa shape index (κ1) is 14.3. The van der Waals surface area contributed by atoms with E-state index in [0.717, 1.165) is 6.42 Å². The summed E-state index contributed by atoms with van der Waals surface area (Å²) >= 11 is 1.78. The Morgan fingerprint density at radius 3 is 2.37 bits per heavy atom. The summed E-state index contributed by atoms with van der Waals surface area (Å²) < 4.78 is 0. The van der Waals surface area contributed by atoms with Crippen molar-refractivity contribution < 1.29 is 0 Å². The van der Waals surface area contributed by atoms with Crippen LogP contribution in [0.3, 0.4) is 0 Å². The van der Waals surface area contributed by atoms with Gasteiger partial charge in [-0.3, -0.25) is 0 Å². The summed E-state index contributed by atoms with van der Waals surface area (Å²) in [6.07, 6.45) is 1.10. The fraction of sp³-hybridized carbons (Fsp3) is 0.412. The highest BCUT2D eigenvalue weighted by molar-refractivity contribution is 7.07. The zero-order valence-electron chi connectivity index (χ0n) is 12.0. The van der Waals surface area contributed by atoms with E-state index in [1.54, 1.807) is 11.3 Å². The second-order valence-electron chi connectivity index (χ2n) is 5.54. The van der Waals surface area contributed by atoms with Crippen molar-refractivity contribution in [1.82, 2.24) is 5.32 Å². The topological polar surface area (TPSA) is 12.0 Å². The van der Waals surface area contributed by atoms with Crippen molar-refractivity contribution in [3.8, 4) is 0 Å². The molecule has 0 aliphatic rings. The quantitative estimate of drug-likeness (QED) is 0.806. The Kier molecular flexibility index (Phi) is 5.17. The molecule has 0 aliphatic heterocycles. The van der Waals surface area contributed by atoms with Gasteiger partial charge in [-0.15, -0.1) is 0 Å². The minimum Gasteiger partial charge on any atom is -0.307 e. The van der Waals surface area contributed by atoms with E-state index >= 15 is 0 Å². The van der Waals surface area contributed by atoms with Crippen LogP contribution in [0.15, 0.2) is 47.2 Å². The highest BCUT2D eigenvalue weighted by atomic mass is 32.1. The van der Waals surface area contributed by atoms with Crippen molar-refractivity contribution in [3.05, 3.63) is 58.3 Å². The average molecular weight is 273 g/mol. The molecule has 2 atom stereocenters. The van der Waals surface area contributed by atoms with E-state index in [1.807, 2.05) is 0 Å². The Morgan fingerprint density at radius 1 is 1.05 bits per heavy atom. The maximum absolute atomic E-state index is 3.78. The van der Waals surface area contributed by atoms with Gasteiger partial charge >= 0.3 is 0 Å². The molecule has 1 nitrogen and oxygen atoms in total. The number of hydrogen-bond acceptors (Lipinski definition) is 2. The van der Waals surface area contributed by atoms with Crippen LogP contribution < -0.4 is 5.32 Å². The summed E-state index contributed by atoms with van der Waals surface area (Å²) in [4.78, 5) is 0. The van der Waals surface area contributed by atoms with E-state index in [-0.39, 0.29) is 0 Å². The Labute approximate surface area is 120 Å². The summed E-state index contributed by atoms with van der Waals surface area (Å²) in [6, 6.07) is 13.9. The van der Waals surface area contributed by atoms with Crippen LogP contribution in [-0.4, -0.2) is 6.04 Å². The molecule has 0 aliphatic carbocycles. The molecule has 1 heterocycles. The average Bonchev–Trinajstić information content (AvgIpc) is 2.89. The van der Waals surface area contributed by atoms with Crippen molar-refractivity contribution >= 4 is 11.3 Å². The third-order valence-electron chi connectivity index (χ3n) is 3.41. The molecular weight excluding hydrogens is 250 g/mol. The molecule has 102 valence electrons. The van der Waals surface area contributed by atoms with Crippen LogP contribution in [0.1, 0.15) is 37.9 Å². The first-order chi connectivity index (χ1) is 9.16. The Morgan fingerprint density at radius 2 is 1.79 bits per heavy atom. The van der Waals surface area contributed by atoms with Crippen LogP contribution >= 0.6 is 11.3 Å². The molecule has 1 aromatic carbocycles. The molecule has 0 fully saturated rings. The normalized spacial score (nSPS) is 14.5. The molecule has 0 saturated heterocycles. The van der Waals surface area contributed by atoms with Crippen LogP contribution in [0.2, 0.25) is 0 Å². The lowest BCUT2D eigenvalue weighted by atomic mass is 9.94. The molecule has 2 aromatic rings. The van der Waals surface area contributed by atoms with E-state index in [4.69, 9.17) is 0 Å². The van der Waals surface area contributed by atoms with Gasteiger partial charge in [0.15, 0.2) is 0 Å². The summed E-state index contributed by atoms with van der Waals surface area (Å²) in [5, 5.41) is 8.17. The lowest BCUT2D eigenvalue weighted by Gasteiger charge is -2.27. The lowest BCUT2D eigenvalue weighted by Crippen LogP contribution is -2.34. The van der Waals surface area contributed by atoms with E-state index in [2.05, 4.69) is 73.2 Å². The molecular formula is C17H23NS. The molecule has 2 heteroatoms. The van der Waals surface area contributed by atoms with Crippen molar-refractivity contribution in [2.45, 2.75) is 39.3 Å². The predicted octanol–water partition coefficient (Wildman–Crippen LogP) is 4.67. The number of hydrogen-bond donors (Lipinski definition) is 1. The second kappa shape index (κ2) is 6.88. The van der Waals surface area contributed by atoms with E-state index < -0.39 is 0 Å². The van der Waals surface area contributed by atoms with Gasteiger partial charge in [0, 0.05) is 12.1 Å². The van der Waals surface area contributed by atoms with Gasteiger partial charge in [0.05, 0.1) is 0 Å². The van der Waals surface area contributed by atoms with Crippen molar-refractivity contribution in [2.24, 2.45) is 5.92 Å². The first-order valence-electron chi connectivity index (χ1n) is 6.99. The smallest absolute Gasteiger partial charge is 0.0345 e. The maximum Gasteiger partial charge on any atom is 0.0345 e. The zero-order valence-corrected chi connectivity index (χ0v) is 12.8. The highest BCUT2D eigenvalue weighted by Gasteiger charge is 2.17. The molecule has 0 amide bonds. The van der Waals surface area contributed by atoms with Gasteiger partial charge in [0.1, 0.15) is 0 Å². The van der Waals surface area contributed by atoms with Gasteiger partial charge in [-0.2, -0.15) is 11.3 Å². The second-order valence-corrected chi connectivity index (χ2v) is 6.32. The van der Waals surface area contributed by atoms with Crippen molar-refractivity contribution in [3.63, 3.8) is 0 Å². The predicted molar refractivity (Wildman–Crippen MR) is 84.6 cm³/mol. The Hall–Kier alpha value is -1.12. The third-order valence-corrected chi connectivity index (χ3v) is 4.14. The van der Waals surface area contributed by atoms with Crippen molar-refractivity contribution in [1.29, 1.82) is 0 Å². The molecule has 0 bridgehead atoms. The Bertz CT molecular complexity index is 461. The van der Waals surface area contributed by atoms with Gasteiger partial charge in [-0.1, -0.05) is 44.2 Å². The molecule has 2 unspecified atom stereocenters. The van der Waals surface area contributed by atoms with Gasteiger partial charge in [0.25, 0.3) is 0 Å². The summed E-state index contributed by atoms with van der Waals surface area (Å²) in [7, 11) is 0. The minimum absolute atomic E-state index is 0.426. The zero-order chi connectivity index (χ0) is 13.7. The SMILES string of the molecule is CC(Cc1ccsc1)NC(c1ccccc1)C(C)C. The van der Waals surface area contributed by atoms with Crippen LogP contribution in [0.4, 0.5) is 0 Å². The first-order valence-corrected chi connectivity index (χ1v) is 7.93. The van der Waals surface area contributed by atoms with Crippen molar-refractivity contribution in [2.75, 3.05) is 0 Å². The fourth-order valence-corrected chi connectivity index (χ4v) is 3.14. The van der Waals surface area contributed by atoms with E-state index in [9.17, 15) is 0 Å². The molecule has 0 radical (unpaired) electrons. The summed E-state index contributed by atoms with van der Waals surface area (Å²) in [6.45, 7) is 6.83. The summed E-state index contributed by atoms with van der Waals surface area (Å²) in [5.41, 5.74) is 2.82. The molecule has 1 aromatic heterocycles.